The number of carbonyl (C=O) groups excluding carboxylic acids is 2. The van der Waals surface area contributed by atoms with Crippen LogP contribution >= 0.6 is 0 Å². The molecule has 0 aromatic heterocycles. The van der Waals surface area contributed by atoms with Crippen molar-refractivity contribution in [2.75, 3.05) is 6.61 Å². The van der Waals surface area contributed by atoms with Crippen molar-refractivity contribution in [2.24, 2.45) is 11.7 Å². The zero-order chi connectivity index (χ0) is 14.4. The van der Waals surface area contributed by atoms with Crippen LogP contribution in [0.15, 0.2) is 30.3 Å². The smallest absolute Gasteiger partial charge is 0.331 e. The van der Waals surface area contributed by atoms with E-state index in [9.17, 15) is 9.59 Å². The summed E-state index contributed by atoms with van der Waals surface area (Å²) in [6, 6.07) is 7.21. The Hall–Kier alpha value is -2.10. The van der Waals surface area contributed by atoms with Gasteiger partial charge in [-0.3, -0.25) is 4.79 Å². The Bertz CT molecular complexity index is 487. The van der Waals surface area contributed by atoms with Gasteiger partial charge in [-0.15, -0.1) is 0 Å². The van der Waals surface area contributed by atoms with Crippen molar-refractivity contribution in [2.45, 2.75) is 20.8 Å². The average molecular weight is 261 g/mol. The topological polar surface area (TPSA) is 69.4 Å². The van der Waals surface area contributed by atoms with Gasteiger partial charge in [0.25, 0.3) is 0 Å². The van der Waals surface area contributed by atoms with E-state index < -0.39 is 11.9 Å². The number of ether oxygens (including phenoxy) is 1. The van der Waals surface area contributed by atoms with E-state index in [2.05, 4.69) is 0 Å². The average Bonchev–Trinajstić information content (AvgIpc) is 2.34. The largest absolute Gasteiger partial charge is 0.462 e. The molecule has 4 heteroatoms. The number of amides is 1. The molecule has 0 saturated carbocycles. The highest BCUT2D eigenvalue weighted by Gasteiger charge is 2.11. The minimum absolute atomic E-state index is 0.161. The summed E-state index contributed by atoms with van der Waals surface area (Å²) in [5, 5.41) is 0. The maximum Gasteiger partial charge on any atom is 0.331 e. The lowest BCUT2D eigenvalue weighted by molar-refractivity contribution is -0.138. The van der Waals surface area contributed by atoms with Gasteiger partial charge in [0.2, 0.25) is 5.91 Å². The molecule has 102 valence electrons. The molecule has 0 radical (unpaired) electrons. The van der Waals surface area contributed by atoms with Gasteiger partial charge >= 0.3 is 5.97 Å². The Kier molecular flexibility index (Phi) is 5.30. The van der Waals surface area contributed by atoms with Gasteiger partial charge in [-0.1, -0.05) is 43.7 Å². The molecule has 4 nitrogen and oxygen atoms in total. The lowest BCUT2D eigenvalue weighted by Crippen LogP contribution is -2.16. The monoisotopic (exact) mass is 261 g/mol. The first-order valence-corrected chi connectivity index (χ1v) is 6.15. The summed E-state index contributed by atoms with van der Waals surface area (Å²) >= 11 is 0. The highest BCUT2D eigenvalue weighted by atomic mass is 16.5. The maximum absolute atomic E-state index is 11.6. The molecule has 0 bridgehead atoms. The number of rotatable bonds is 5. The highest BCUT2D eigenvalue weighted by molar-refractivity contribution is 6.22. The van der Waals surface area contributed by atoms with Crippen molar-refractivity contribution in [3.8, 4) is 0 Å². The fourth-order valence-corrected chi connectivity index (χ4v) is 1.44. The zero-order valence-corrected chi connectivity index (χ0v) is 11.5. The highest BCUT2D eigenvalue weighted by Crippen LogP contribution is 2.15. The number of nitrogens with two attached hydrogens (primary N) is 1. The van der Waals surface area contributed by atoms with Crippen molar-refractivity contribution >= 4 is 17.4 Å². The Morgan fingerprint density at radius 1 is 1.26 bits per heavy atom. The molecule has 0 heterocycles. The summed E-state index contributed by atoms with van der Waals surface area (Å²) < 4.78 is 5.01. The number of hydrogen-bond donors (Lipinski definition) is 1. The van der Waals surface area contributed by atoms with E-state index in [1.54, 1.807) is 12.1 Å². The summed E-state index contributed by atoms with van der Waals surface area (Å²) in [5.74, 6) is -0.956. The number of aryl methyl sites for hydroxylation is 1. The van der Waals surface area contributed by atoms with Crippen molar-refractivity contribution in [3.05, 3.63) is 41.5 Å². The van der Waals surface area contributed by atoms with E-state index in [1.165, 1.54) is 0 Å². The van der Waals surface area contributed by atoms with E-state index in [0.717, 1.165) is 11.6 Å². The molecule has 0 spiro atoms. The van der Waals surface area contributed by atoms with E-state index in [0.29, 0.717) is 12.2 Å². The molecule has 0 unspecified atom stereocenters. The van der Waals surface area contributed by atoms with Crippen LogP contribution in [0.5, 0.6) is 0 Å². The Balaban J connectivity index is 2.91. The van der Waals surface area contributed by atoms with Crippen LogP contribution in [0.1, 0.15) is 25.0 Å². The second-order valence-corrected chi connectivity index (χ2v) is 4.81. The summed E-state index contributed by atoms with van der Waals surface area (Å²) in [6.45, 7) is 6.13. The van der Waals surface area contributed by atoms with Crippen molar-refractivity contribution < 1.29 is 14.3 Å². The third-order valence-corrected chi connectivity index (χ3v) is 2.45. The molecule has 19 heavy (non-hydrogen) atoms. The molecule has 0 atom stereocenters. The minimum Gasteiger partial charge on any atom is -0.462 e. The van der Waals surface area contributed by atoms with Gasteiger partial charge in [-0.2, -0.15) is 0 Å². The van der Waals surface area contributed by atoms with Crippen LogP contribution in [-0.4, -0.2) is 18.5 Å². The van der Waals surface area contributed by atoms with E-state index in [1.807, 2.05) is 32.9 Å². The molecule has 0 aliphatic rings. The second-order valence-electron chi connectivity index (χ2n) is 4.81. The molecular weight excluding hydrogens is 242 g/mol. The number of primary amides is 1. The third kappa shape index (κ3) is 4.95. The fourth-order valence-electron chi connectivity index (χ4n) is 1.44. The van der Waals surface area contributed by atoms with Gasteiger partial charge in [-0.05, 0) is 18.4 Å². The van der Waals surface area contributed by atoms with Gasteiger partial charge in [0, 0.05) is 6.08 Å². The summed E-state index contributed by atoms with van der Waals surface area (Å²) in [7, 11) is 0. The quantitative estimate of drug-likeness (QED) is 0.651. The van der Waals surface area contributed by atoms with Crippen LogP contribution in [0, 0.1) is 12.8 Å². The molecule has 0 saturated heterocycles. The van der Waals surface area contributed by atoms with Gasteiger partial charge in [0.15, 0.2) is 0 Å². The molecule has 1 rings (SSSR count). The molecule has 1 aromatic rings. The Labute approximate surface area is 113 Å². The van der Waals surface area contributed by atoms with Crippen LogP contribution in [0.25, 0.3) is 5.57 Å². The van der Waals surface area contributed by atoms with E-state index >= 15 is 0 Å². The number of esters is 1. The third-order valence-electron chi connectivity index (χ3n) is 2.45. The predicted octanol–water partition coefficient (Wildman–Crippen LogP) is 2.06. The fraction of sp³-hybridized carbons (Fsp3) is 0.333. The van der Waals surface area contributed by atoms with Crippen molar-refractivity contribution in [3.63, 3.8) is 0 Å². The number of carbonyl (C=O) groups is 2. The van der Waals surface area contributed by atoms with E-state index in [4.69, 9.17) is 10.5 Å². The summed E-state index contributed by atoms with van der Waals surface area (Å²) in [5.41, 5.74) is 7.13. The van der Waals surface area contributed by atoms with Crippen LogP contribution < -0.4 is 5.73 Å². The van der Waals surface area contributed by atoms with Gasteiger partial charge < -0.3 is 10.5 Å². The number of hydrogen-bond acceptors (Lipinski definition) is 3. The first kappa shape index (κ1) is 15.0. The molecule has 0 fully saturated rings. The van der Waals surface area contributed by atoms with Crippen LogP contribution in [0.3, 0.4) is 0 Å². The molecule has 1 aromatic carbocycles. The first-order chi connectivity index (χ1) is 8.90. The summed E-state index contributed by atoms with van der Waals surface area (Å²) in [6.07, 6.45) is 1.15. The van der Waals surface area contributed by atoms with Crippen molar-refractivity contribution in [1.82, 2.24) is 0 Å². The maximum atomic E-state index is 11.6. The van der Waals surface area contributed by atoms with Crippen LogP contribution in [0.4, 0.5) is 0 Å². The molecule has 0 aliphatic heterocycles. The Morgan fingerprint density at radius 2 is 1.84 bits per heavy atom. The predicted molar refractivity (Wildman–Crippen MR) is 74.1 cm³/mol. The minimum atomic E-state index is -0.648. The lowest BCUT2D eigenvalue weighted by Gasteiger charge is -2.07. The molecule has 0 aliphatic carbocycles. The SMILES string of the molecule is Cc1ccc(/C(=C/C(=O)OCC(C)C)C(N)=O)cc1. The normalized spacial score (nSPS) is 11.5. The van der Waals surface area contributed by atoms with Gasteiger partial charge in [0.05, 0.1) is 12.2 Å². The zero-order valence-electron chi connectivity index (χ0n) is 11.5. The second kappa shape index (κ2) is 6.73. The van der Waals surface area contributed by atoms with Crippen molar-refractivity contribution in [1.29, 1.82) is 0 Å². The van der Waals surface area contributed by atoms with Gasteiger partial charge in [-0.25, -0.2) is 4.79 Å². The Morgan fingerprint density at radius 3 is 2.32 bits per heavy atom. The van der Waals surface area contributed by atoms with Crippen LogP contribution in [-0.2, 0) is 14.3 Å². The number of benzene rings is 1. The first-order valence-electron chi connectivity index (χ1n) is 6.15. The molecular formula is C15H19NO3. The molecule has 1 amide bonds. The lowest BCUT2D eigenvalue weighted by atomic mass is 10.0. The van der Waals surface area contributed by atoms with E-state index in [-0.39, 0.29) is 11.5 Å². The van der Waals surface area contributed by atoms with Gasteiger partial charge in [0.1, 0.15) is 0 Å². The summed E-state index contributed by atoms with van der Waals surface area (Å²) in [4.78, 5) is 23.0. The standard InChI is InChI=1S/C15H19NO3/c1-10(2)9-19-14(17)8-13(15(16)18)12-6-4-11(3)5-7-12/h4-8,10H,9H2,1-3H3,(H2,16,18)/b13-8-. The molecule has 2 N–H and O–H groups in total. The van der Waals surface area contributed by atoms with Crippen LogP contribution in [0.2, 0.25) is 0 Å².